The molecule has 1 aliphatic rings. The summed E-state index contributed by atoms with van der Waals surface area (Å²) in [6.45, 7) is 5.72. The molecule has 0 radical (unpaired) electrons. The highest BCUT2D eigenvalue weighted by Gasteiger charge is 2.26. The van der Waals surface area contributed by atoms with Gasteiger partial charge in [-0.05, 0) is 81.5 Å². The summed E-state index contributed by atoms with van der Waals surface area (Å²) >= 11 is 3.20. The van der Waals surface area contributed by atoms with E-state index in [1.807, 2.05) is 51.1 Å². The molecule has 0 unspecified atom stereocenters. The minimum absolute atomic E-state index is 0.0974. The van der Waals surface area contributed by atoms with Crippen molar-refractivity contribution in [1.82, 2.24) is 10.2 Å². The second-order valence-electron chi connectivity index (χ2n) is 10.6. The van der Waals surface area contributed by atoms with Crippen molar-refractivity contribution in [3.05, 3.63) is 76.3 Å². The third-order valence-corrected chi connectivity index (χ3v) is 8.43. The van der Waals surface area contributed by atoms with Crippen LogP contribution in [-0.4, -0.2) is 27.7 Å². The first-order valence-corrected chi connectivity index (χ1v) is 14.8. The maximum absolute atomic E-state index is 12.7. The standard InChI is InChI=1S/C29H35N3O3S2/c1-29(2,3)35-26(33)17-20-9-11-22(12-10-20)23-13-15-24(16-14-23)27(34)30-28-32-31-25(37-28)19-36-18-21-7-5-4-6-8-21/h4-8,13-16,20,22H,9-12,17-19H2,1-3H3,(H,30,32,34). The van der Waals surface area contributed by atoms with E-state index < -0.39 is 5.60 Å². The Hall–Kier alpha value is -2.71. The predicted octanol–water partition coefficient (Wildman–Crippen LogP) is 7.23. The molecule has 0 spiro atoms. The van der Waals surface area contributed by atoms with Crippen molar-refractivity contribution in [2.75, 3.05) is 5.32 Å². The number of hydrogen-bond donors (Lipinski definition) is 1. The van der Waals surface area contributed by atoms with Gasteiger partial charge in [0.2, 0.25) is 5.13 Å². The molecular weight excluding hydrogens is 502 g/mol. The Labute approximate surface area is 227 Å². The minimum atomic E-state index is -0.428. The zero-order valence-corrected chi connectivity index (χ0v) is 23.4. The summed E-state index contributed by atoms with van der Waals surface area (Å²) in [5.41, 5.74) is 2.71. The predicted molar refractivity (Wildman–Crippen MR) is 151 cm³/mol. The first-order chi connectivity index (χ1) is 17.7. The highest BCUT2D eigenvalue weighted by atomic mass is 32.2. The number of carbonyl (C=O) groups is 2. The molecule has 8 heteroatoms. The lowest BCUT2D eigenvalue weighted by molar-refractivity contribution is -0.156. The molecule has 1 aromatic heterocycles. The van der Waals surface area contributed by atoms with Gasteiger partial charge in [-0.25, -0.2) is 0 Å². The van der Waals surface area contributed by atoms with Crippen molar-refractivity contribution < 1.29 is 14.3 Å². The Kier molecular flexibility index (Phi) is 9.38. The van der Waals surface area contributed by atoms with Gasteiger partial charge in [0.15, 0.2) is 0 Å². The fraction of sp³-hybridized carbons (Fsp3) is 0.448. The number of benzene rings is 2. The second-order valence-corrected chi connectivity index (χ2v) is 12.6. The van der Waals surface area contributed by atoms with Gasteiger partial charge >= 0.3 is 5.97 Å². The number of nitrogens with one attached hydrogen (secondary N) is 1. The van der Waals surface area contributed by atoms with E-state index in [-0.39, 0.29) is 11.9 Å². The summed E-state index contributed by atoms with van der Waals surface area (Å²) in [6.07, 6.45) is 4.65. The molecule has 0 atom stereocenters. The maximum atomic E-state index is 12.7. The van der Waals surface area contributed by atoms with E-state index >= 15 is 0 Å². The molecule has 196 valence electrons. The van der Waals surface area contributed by atoms with Crippen molar-refractivity contribution in [3.63, 3.8) is 0 Å². The van der Waals surface area contributed by atoms with Gasteiger partial charge in [-0.1, -0.05) is 53.8 Å². The lowest BCUT2D eigenvalue weighted by atomic mass is 9.77. The number of thioether (sulfide) groups is 1. The number of rotatable bonds is 9. The Morgan fingerprint density at radius 3 is 2.35 bits per heavy atom. The van der Waals surface area contributed by atoms with Crippen molar-refractivity contribution >= 4 is 40.1 Å². The van der Waals surface area contributed by atoms with Crippen LogP contribution in [0.4, 0.5) is 5.13 Å². The van der Waals surface area contributed by atoms with Crippen LogP contribution in [0.25, 0.3) is 0 Å². The zero-order valence-electron chi connectivity index (χ0n) is 21.7. The van der Waals surface area contributed by atoms with Crippen LogP contribution >= 0.6 is 23.1 Å². The summed E-state index contributed by atoms with van der Waals surface area (Å²) in [5, 5.41) is 12.6. The summed E-state index contributed by atoms with van der Waals surface area (Å²) in [4.78, 5) is 24.9. The number of anilines is 1. The topological polar surface area (TPSA) is 81.2 Å². The van der Waals surface area contributed by atoms with E-state index in [1.54, 1.807) is 11.8 Å². The molecule has 0 bridgehead atoms. The van der Waals surface area contributed by atoms with Crippen LogP contribution in [0.2, 0.25) is 0 Å². The maximum Gasteiger partial charge on any atom is 0.306 e. The van der Waals surface area contributed by atoms with Crippen molar-refractivity contribution in [1.29, 1.82) is 0 Å². The third kappa shape index (κ3) is 8.68. The molecule has 4 rings (SSSR count). The van der Waals surface area contributed by atoms with Gasteiger partial charge in [0.1, 0.15) is 10.6 Å². The zero-order chi connectivity index (χ0) is 26.3. The molecule has 3 aromatic rings. The van der Waals surface area contributed by atoms with Crippen molar-refractivity contribution in [3.8, 4) is 0 Å². The number of aromatic nitrogens is 2. The molecule has 6 nitrogen and oxygen atoms in total. The first kappa shape index (κ1) is 27.3. The highest BCUT2D eigenvalue weighted by Crippen LogP contribution is 2.37. The average molecular weight is 538 g/mol. The quantitative estimate of drug-likeness (QED) is 0.290. The normalized spacial score (nSPS) is 17.8. The SMILES string of the molecule is CC(C)(C)OC(=O)CC1CCC(c2ccc(C(=O)Nc3nnc(CSCc4ccccc4)s3)cc2)CC1. The summed E-state index contributed by atoms with van der Waals surface area (Å²) < 4.78 is 5.48. The summed E-state index contributed by atoms with van der Waals surface area (Å²) in [5.74, 6) is 2.26. The van der Waals surface area contributed by atoms with E-state index in [2.05, 4.69) is 39.8 Å². The van der Waals surface area contributed by atoms with Gasteiger partial charge in [0, 0.05) is 23.5 Å². The van der Waals surface area contributed by atoms with E-state index in [0.29, 0.717) is 29.0 Å². The average Bonchev–Trinajstić information content (AvgIpc) is 3.31. The van der Waals surface area contributed by atoms with Crippen LogP contribution in [0.3, 0.4) is 0 Å². The summed E-state index contributed by atoms with van der Waals surface area (Å²) in [6, 6.07) is 18.2. The van der Waals surface area contributed by atoms with E-state index in [0.717, 1.165) is 42.2 Å². The van der Waals surface area contributed by atoms with Gasteiger partial charge in [-0.3, -0.25) is 14.9 Å². The Bertz CT molecular complexity index is 1170. The van der Waals surface area contributed by atoms with Crippen LogP contribution in [0.1, 0.15) is 85.3 Å². The lowest BCUT2D eigenvalue weighted by Crippen LogP contribution is -2.26. The summed E-state index contributed by atoms with van der Waals surface area (Å²) in [7, 11) is 0. The second kappa shape index (κ2) is 12.7. The monoisotopic (exact) mass is 537 g/mol. The minimum Gasteiger partial charge on any atom is -0.460 e. The van der Waals surface area contributed by atoms with Crippen LogP contribution in [0, 0.1) is 5.92 Å². The number of nitrogens with zero attached hydrogens (tertiary/aromatic N) is 2. The fourth-order valence-corrected chi connectivity index (χ4v) is 6.37. The van der Waals surface area contributed by atoms with Gasteiger partial charge in [0.05, 0.1) is 0 Å². The molecule has 1 amide bonds. The van der Waals surface area contributed by atoms with Gasteiger partial charge in [-0.15, -0.1) is 22.0 Å². The van der Waals surface area contributed by atoms with Crippen molar-refractivity contribution in [2.24, 2.45) is 5.92 Å². The van der Waals surface area contributed by atoms with Crippen molar-refractivity contribution in [2.45, 2.75) is 75.9 Å². The molecule has 1 aliphatic carbocycles. The van der Waals surface area contributed by atoms with Crippen LogP contribution < -0.4 is 5.32 Å². The highest BCUT2D eigenvalue weighted by molar-refractivity contribution is 7.97. The Balaban J connectivity index is 1.21. The number of esters is 1. The molecule has 2 aromatic carbocycles. The molecule has 1 N–H and O–H groups in total. The molecule has 1 heterocycles. The lowest BCUT2D eigenvalue weighted by Gasteiger charge is -2.29. The molecule has 1 fully saturated rings. The van der Waals surface area contributed by atoms with E-state index in [4.69, 9.17) is 4.74 Å². The molecule has 1 saturated carbocycles. The number of carbonyl (C=O) groups excluding carboxylic acids is 2. The Morgan fingerprint density at radius 2 is 1.68 bits per heavy atom. The van der Waals surface area contributed by atoms with E-state index in [9.17, 15) is 9.59 Å². The van der Waals surface area contributed by atoms with Crippen LogP contribution in [0.15, 0.2) is 54.6 Å². The largest absolute Gasteiger partial charge is 0.460 e. The molecule has 0 saturated heterocycles. The van der Waals surface area contributed by atoms with Gasteiger partial charge in [-0.2, -0.15) is 0 Å². The van der Waals surface area contributed by atoms with Gasteiger partial charge < -0.3 is 4.74 Å². The van der Waals surface area contributed by atoms with Crippen LogP contribution in [-0.2, 0) is 21.0 Å². The van der Waals surface area contributed by atoms with E-state index in [1.165, 1.54) is 22.5 Å². The third-order valence-electron chi connectivity index (χ3n) is 6.39. The smallest absolute Gasteiger partial charge is 0.306 e. The fourth-order valence-electron chi connectivity index (χ4n) is 4.59. The molecule has 37 heavy (non-hydrogen) atoms. The van der Waals surface area contributed by atoms with Crippen LogP contribution in [0.5, 0.6) is 0 Å². The number of hydrogen-bond acceptors (Lipinski definition) is 7. The molecular formula is C29H35N3O3S2. The number of ether oxygens (including phenoxy) is 1. The molecule has 0 aliphatic heterocycles. The van der Waals surface area contributed by atoms with Gasteiger partial charge in [0.25, 0.3) is 5.91 Å². The Morgan fingerprint density at radius 1 is 0.973 bits per heavy atom. The number of amides is 1. The first-order valence-electron chi connectivity index (χ1n) is 12.8.